The molecular formula is C15H15BrN2O5S. The topological polar surface area (TPSA) is 98.5 Å². The van der Waals surface area contributed by atoms with Crippen molar-refractivity contribution < 1.29 is 18.1 Å². The number of hydrogen-bond acceptors (Lipinski definition) is 6. The number of anilines is 1. The van der Waals surface area contributed by atoms with E-state index in [1.165, 1.54) is 12.1 Å². The largest absolute Gasteiger partial charge is 0.492 e. The number of hydrogen-bond donors (Lipinski definition) is 1. The first-order chi connectivity index (χ1) is 11.3. The summed E-state index contributed by atoms with van der Waals surface area (Å²) in [5.41, 5.74) is -0.0478. The second-order valence-electron chi connectivity index (χ2n) is 4.94. The number of nitro benzene ring substituents is 1. The van der Waals surface area contributed by atoms with Crippen molar-refractivity contribution in [3.63, 3.8) is 0 Å². The van der Waals surface area contributed by atoms with Gasteiger partial charge in [-0.2, -0.15) is 0 Å². The lowest BCUT2D eigenvalue weighted by Gasteiger charge is -2.10. The fourth-order valence-electron chi connectivity index (χ4n) is 1.93. The lowest BCUT2D eigenvalue weighted by Crippen LogP contribution is -2.12. The van der Waals surface area contributed by atoms with Crippen LogP contribution in [0.15, 0.2) is 51.8 Å². The maximum Gasteiger partial charge on any atom is 0.293 e. The van der Waals surface area contributed by atoms with Crippen LogP contribution in [0, 0.1) is 10.1 Å². The van der Waals surface area contributed by atoms with E-state index in [9.17, 15) is 18.5 Å². The van der Waals surface area contributed by atoms with Crippen LogP contribution in [0.5, 0.6) is 5.75 Å². The Morgan fingerprint density at radius 2 is 1.88 bits per heavy atom. The maximum absolute atomic E-state index is 11.5. The Bertz CT molecular complexity index is 837. The first-order valence-corrected chi connectivity index (χ1v) is 9.56. The molecule has 2 aromatic carbocycles. The van der Waals surface area contributed by atoms with Crippen molar-refractivity contribution in [1.29, 1.82) is 0 Å². The smallest absolute Gasteiger partial charge is 0.293 e. The van der Waals surface area contributed by atoms with E-state index in [1.54, 1.807) is 12.1 Å². The van der Waals surface area contributed by atoms with Crippen LogP contribution >= 0.6 is 15.9 Å². The van der Waals surface area contributed by atoms with Crippen LogP contribution < -0.4 is 10.1 Å². The minimum Gasteiger partial charge on any atom is -0.492 e. The molecule has 0 saturated carbocycles. The zero-order valence-corrected chi connectivity index (χ0v) is 15.1. The average Bonchev–Trinajstić information content (AvgIpc) is 2.52. The van der Waals surface area contributed by atoms with Crippen LogP contribution in [0.25, 0.3) is 0 Å². The molecule has 0 aliphatic rings. The van der Waals surface area contributed by atoms with E-state index in [0.717, 1.165) is 16.8 Å². The van der Waals surface area contributed by atoms with Crippen molar-refractivity contribution in [3.05, 3.63) is 57.1 Å². The van der Waals surface area contributed by atoms with Crippen molar-refractivity contribution in [3.8, 4) is 5.75 Å². The number of nitrogens with zero attached hydrogens (tertiary/aromatic N) is 1. The average molecular weight is 415 g/mol. The van der Waals surface area contributed by atoms with Gasteiger partial charge in [0.15, 0.2) is 9.84 Å². The molecule has 0 bridgehead atoms. The van der Waals surface area contributed by atoms with Gasteiger partial charge in [-0.3, -0.25) is 10.1 Å². The van der Waals surface area contributed by atoms with Crippen molar-refractivity contribution in [2.24, 2.45) is 0 Å². The fourth-order valence-corrected chi connectivity index (χ4v) is 2.83. The second-order valence-corrected chi connectivity index (χ2v) is 7.87. The lowest BCUT2D eigenvalue weighted by molar-refractivity contribution is -0.384. The first-order valence-electron chi connectivity index (χ1n) is 6.88. The zero-order valence-electron chi connectivity index (χ0n) is 12.7. The van der Waals surface area contributed by atoms with E-state index >= 15 is 0 Å². The Hall–Kier alpha value is -2.13. The summed E-state index contributed by atoms with van der Waals surface area (Å²) in [7, 11) is -3.50. The van der Waals surface area contributed by atoms with Gasteiger partial charge in [0.1, 0.15) is 18.0 Å². The third-order valence-electron chi connectivity index (χ3n) is 3.09. The Kier molecular flexibility index (Phi) is 5.79. The Morgan fingerprint density at radius 1 is 1.21 bits per heavy atom. The molecule has 0 spiro atoms. The van der Waals surface area contributed by atoms with Crippen LogP contribution in [-0.4, -0.2) is 32.7 Å². The molecule has 0 aliphatic heterocycles. The molecule has 2 rings (SSSR count). The Morgan fingerprint density at radius 3 is 2.46 bits per heavy atom. The summed E-state index contributed by atoms with van der Waals surface area (Å²) in [4.78, 5) is 10.4. The number of nitrogens with one attached hydrogen (secondary N) is 1. The molecule has 128 valence electrons. The quantitative estimate of drug-likeness (QED) is 0.424. The van der Waals surface area contributed by atoms with Gasteiger partial charge in [0.05, 0.1) is 9.82 Å². The Balaban J connectivity index is 2.01. The zero-order chi connectivity index (χ0) is 17.7. The molecule has 0 saturated heterocycles. The first kappa shape index (κ1) is 18.2. The lowest BCUT2D eigenvalue weighted by atomic mass is 10.2. The standard InChI is InChI=1S/C15H15BrN2O5S/c1-24(21,22)13-6-7-14(15(10-13)18(19)20)17-8-9-23-12-4-2-11(16)3-5-12/h2-7,10,17H,8-9H2,1H3. The van der Waals surface area contributed by atoms with E-state index in [-0.39, 0.29) is 16.3 Å². The molecule has 0 aromatic heterocycles. The molecule has 7 nitrogen and oxygen atoms in total. The van der Waals surface area contributed by atoms with Crippen molar-refractivity contribution >= 4 is 37.1 Å². The second kappa shape index (κ2) is 7.63. The summed E-state index contributed by atoms with van der Waals surface area (Å²) in [6, 6.07) is 11.1. The summed E-state index contributed by atoms with van der Waals surface area (Å²) in [5.74, 6) is 0.682. The molecule has 0 amide bonds. The third-order valence-corrected chi connectivity index (χ3v) is 4.73. The van der Waals surface area contributed by atoms with Crippen molar-refractivity contribution in [2.75, 3.05) is 24.7 Å². The number of benzene rings is 2. The molecule has 0 heterocycles. The predicted molar refractivity (Wildman–Crippen MR) is 94.3 cm³/mol. The van der Waals surface area contributed by atoms with Gasteiger partial charge < -0.3 is 10.1 Å². The van der Waals surface area contributed by atoms with Gasteiger partial charge in [-0.05, 0) is 36.4 Å². The van der Waals surface area contributed by atoms with Crippen LogP contribution in [0.3, 0.4) is 0 Å². The summed E-state index contributed by atoms with van der Waals surface area (Å²) < 4.78 is 29.4. The van der Waals surface area contributed by atoms with E-state index in [0.29, 0.717) is 18.9 Å². The number of sulfone groups is 1. The molecule has 0 unspecified atom stereocenters. The molecule has 1 N–H and O–H groups in total. The number of ether oxygens (including phenoxy) is 1. The highest BCUT2D eigenvalue weighted by atomic mass is 79.9. The van der Waals surface area contributed by atoms with E-state index in [4.69, 9.17) is 4.74 Å². The summed E-state index contributed by atoms with van der Waals surface area (Å²) in [6.07, 6.45) is 1.01. The molecule has 2 aromatic rings. The summed E-state index contributed by atoms with van der Waals surface area (Å²) in [5, 5.41) is 14.0. The number of halogens is 1. The van der Waals surface area contributed by atoms with Gasteiger partial charge in [0, 0.05) is 23.3 Å². The monoisotopic (exact) mass is 414 g/mol. The van der Waals surface area contributed by atoms with Crippen LogP contribution in [0.2, 0.25) is 0 Å². The summed E-state index contributed by atoms with van der Waals surface area (Å²) in [6.45, 7) is 0.627. The Labute approximate surface area is 147 Å². The maximum atomic E-state index is 11.5. The predicted octanol–water partition coefficient (Wildman–Crippen LogP) is 3.25. The molecule has 24 heavy (non-hydrogen) atoms. The highest BCUT2D eigenvalue weighted by Gasteiger charge is 2.18. The number of rotatable bonds is 7. The van der Waals surface area contributed by atoms with E-state index in [2.05, 4.69) is 21.2 Å². The van der Waals surface area contributed by atoms with Gasteiger partial charge >= 0.3 is 0 Å². The van der Waals surface area contributed by atoms with Crippen LogP contribution in [0.4, 0.5) is 11.4 Å². The molecule has 9 heteroatoms. The number of nitro groups is 1. The SMILES string of the molecule is CS(=O)(=O)c1ccc(NCCOc2ccc(Br)cc2)c([N+](=O)[O-])c1. The van der Waals surface area contributed by atoms with Gasteiger partial charge in [0.25, 0.3) is 5.69 Å². The van der Waals surface area contributed by atoms with Crippen LogP contribution in [-0.2, 0) is 9.84 Å². The molecule has 0 atom stereocenters. The molecular weight excluding hydrogens is 400 g/mol. The van der Waals surface area contributed by atoms with E-state index in [1.807, 2.05) is 12.1 Å². The van der Waals surface area contributed by atoms with Gasteiger partial charge in [-0.15, -0.1) is 0 Å². The molecule has 0 radical (unpaired) electrons. The van der Waals surface area contributed by atoms with Crippen LogP contribution in [0.1, 0.15) is 0 Å². The molecule has 0 fully saturated rings. The van der Waals surface area contributed by atoms with Crippen molar-refractivity contribution in [1.82, 2.24) is 0 Å². The fraction of sp³-hybridized carbons (Fsp3) is 0.200. The third kappa shape index (κ3) is 4.93. The van der Waals surface area contributed by atoms with Gasteiger partial charge in [-0.25, -0.2) is 8.42 Å². The normalized spacial score (nSPS) is 11.1. The van der Waals surface area contributed by atoms with Crippen molar-refractivity contribution in [2.45, 2.75) is 4.90 Å². The van der Waals surface area contributed by atoms with Gasteiger partial charge in [0.2, 0.25) is 0 Å². The highest BCUT2D eigenvalue weighted by Crippen LogP contribution is 2.27. The van der Waals surface area contributed by atoms with E-state index < -0.39 is 14.8 Å². The minimum atomic E-state index is -3.50. The molecule has 0 aliphatic carbocycles. The summed E-state index contributed by atoms with van der Waals surface area (Å²) >= 11 is 3.32. The minimum absolute atomic E-state index is 0.0918. The highest BCUT2D eigenvalue weighted by molar-refractivity contribution is 9.10. The van der Waals surface area contributed by atoms with Gasteiger partial charge in [-0.1, -0.05) is 15.9 Å².